The zero-order valence-electron chi connectivity index (χ0n) is 16.4. The third kappa shape index (κ3) is 3.82. The molecule has 0 saturated carbocycles. The largest absolute Gasteiger partial charge is 0.354 e. The number of fused-ring (bicyclic) bond motifs is 1. The van der Waals surface area contributed by atoms with Crippen LogP contribution in [-0.4, -0.2) is 55.4 Å². The van der Waals surface area contributed by atoms with E-state index >= 15 is 0 Å². The molecule has 5 heterocycles. The van der Waals surface area contributed by atoms with Gasteiger partial charge in [-0.2, -0.15) is 0 Å². The zero-order valence-corrected chi connectivity index (χ0v) is 16.4. The molecule has 1 saturated heterocycles. The molecule has 4 aromatic heterocycles. The van der Waals surface area contributed by atoms with Gasteiger partial charge in [0.05, 0.1) is 5.69 Å². The van der Waals surface area contributed by atoms with Crippen LogP contribution in [-0.2, 0) is 6.54 Å². The van der Waals surface area contributed by atoms with Crippen molar-refractivity contribution < 1.29 is 0 Å². The van der Waals surface area contributed by atoms with Gasteiger partial charge < -0.3 is 9.30 Å². The van der Waals surface area contributed by atoms with Crippen LogP contribution in [0.5, 0.6) is 0 Å². The maximum absolute atomic E-state index is 4.82. The summed E-state index contributed by atoms with van der Waals surface area (Å²) < 4.78 is 2.08. The van der Waals surface area contributed by atoms with E-state index in [1.807, 2.05) is 43.5 Å². The number of hydrogen-bond acceptors (Lipinski definition) is 6. The highest BCUT2D eigenvalue weighted by atomic mass is 15.3. The van der Waals surface area contributed by atoms with Crippen LogP contribution in [0.15, 0.2) is 61.2 Å². The first-order valence-corrected chi connectivity index (χ1v) is 9.91. The Morgan fingerprint density at radius 3 is 2.55 bits per heavy atom. The number of piperazine rings is 1. The topological polar surface area (TPSA) is 62.5 Å². The molecule has 0 N–H and O–H groups in total. The quantitative estimate of drug-likeness (QED) is 0.538. The molecule has 5 rings (SSSR count). The Morgan fingerprint density at radius 2 is 1.76 bits per heavy atom. The molecule has 0 atom stereocenters. The number of hydrogen-bond donors (Lipinski definition) is 0. The van der Waals surface area contributed by atoms with E-state index in [1.54, 1.807) is 12.4 Å². The van der Waals surface area contributed by atoms with E-state index in [0.717, 1.165) is 67.0 Å². The molecule has 0 spiro atoms. The molecule has 7 heteroatoms. The lowest BCUT2D eigenvalue weighted by Crippen LogP contribution is -2.46. The molecule has 4 aromatic rings. The van der Waals surface area contributed by atoms with Crippen molar-refractivity contribution in [3.63, 3.8) is 0 Å². The standard InChI is InChI=1S/C22H23N7/c1-17-14-21(26-22(24-17)18-5-7-23-8-6-18)28-12-10-27(11-13-28)15-19-16-29-9-3-2-4-20(29)25-19/h2-9,14,16H,10-13,15H2,1H3. The molecule has 1 aliphatic rings. The second-order valence-corrected chi connectivity index (χ2v) is 7.39. The summed E-state index contributed by atoms with van der Waals surface area (Å²) in [6.07, 6.45) is 7.72. The fourth-order valence-corrected chi connectivity index (χ4v) is 3.77. The predicted molar refractivity (Wildman–Crippen MR) is 113 cm³/mol. The maximum atomic E-state index is 4.82. The van der Waals surface area contributed by atoms with Gasteiger partial charge in [-0.25, -0.2) is 15.0 Å². The van der Waals surface area contributed by atoms with Crippen LogP contribution in [0, 0.1) is 6.92 Å². The highest BCUT2D eigenvalue weighted by molar-refractivity contribution is 5.57. The molecule has 0 bridgehead atoms. The summed E-state index contributed by atoms with van der Waals surface area (Å²) in [7, 11) is 0. The average molecular weight is 385 g/mol. The van der Waals surface area contributed by atoms with Crippen LogP contribution in [0.3, 0.4) is 0 Å². The molecule has 0 aromatic carbocycles. The van der Waals surface area contributed by atoms with Crippen molar-refractivity contribution in [2.75, 3.05) is 31.1 Å². The molecular weight excluding hydrogens is 362 g/mol. The summed E-state index contributed by atoms with van der Waals surface area (Å²) in [4.78, 5) is 23.0. The van der Waals surface area contributed by atoms with Gasteiger partial charge in [0, 0.05) is 74.8 Å². The van der Waals surface area contributed by atoms with Crippen LogP contribution in [0.2, 0.25) is 0 Å². The van der Waals surface area contributed by atoms with Gasteiger partial charge in [0.2, 0.25) is 0 Å². The molecule has 1 fully saturated rings. The minimum atomic E-state index is 0.759. The highest BCUT2D eigenvalue weighted by Crippen LogP contribution is 2.21. The molecule has 29 heavy (non-hydrogen) atoms. The Labute approximate surface area is 169 Å². The van der Waals surface area contributed by atoms with E-state index in [-0.39, 0.29) is 0 Å². The van der Waals surface area contributed by atoms with Gasteiger partial charge in [-0.1, -0.05) is 6.07 Å². The van der Waals surface area contributed by atoms with Gasteiger partial charge in [0.25, 0.3) is 0 Å². The van der Waals surface area contributed by atoms with E-state index in [0.29, 0.717) is 0 Å². The van der Waals surface area contributed by atoms with E-state index in [2.05, 4.69) is 36.4 Å². The lowest BCUT2D eigenvalue weighted by molar-refractivity contribution is 0.247. The predicted octanol–water partition coefficient (Wildman–Crippen LogP) is 2.82. The van der Waals surface area contributed by atoms with E-state index in [1.165, 1.54) is 0 Å². The molecule has 0 aliphatic carbocycles. The Kier molecular flexibility index (Phi) is 4.65. The Hall–Kier alpha value is -3.32. The van der Waals surface area contributed by atoms with E-state index < -0.39 is 0 Å². The Bertz CT molecular complexity index is 1080. The maximum Gasteiger partial charge on any atom is 0.161 e. The van der Waals surface area contributed by atoms with Crippen LogP contribution >= 0.6 is 0 Å². The molecule has 146 valence electrons. The minimum Gasteiger partial charge on any atom is -0.354 e. The smallest absolute Gasteiger partial charge is 0.161 e. The van der Waals surface area contributed by atoms with Gasteiger partial charge in [0.1, 0.15) is 11.5 Å². The van der Waals surface area contributed by atoms with Gasteiger partial charge >= 0.3 is 0 Å². The molecule has 0 amide bonds. The van der Waals surface area contributed by atoms with Crippen molar-refractivity contribution in [3.05, 3.63) is 72.6 Å². The minimum absolute atomic E-state index is 0.759. The lowest BCUT2D eigenvalue weighted by Gasteiger charge is -2.35. The number of aryl methyl sites for hydroxylation is 1. The summed E-state index contributed by atoms with van der Waals surface area (Å²) in [5.74, 6) is 1.76. The van der Waals surface area contributed by atoms with Crippen molar-refractivity contribution in [1.82, 2.24) is 29.2 Å². The first-order valence-electron chi connectivity index (χ1n) is 9.91. The molecule has 1 aliphatic heterocycles. The molecular formula is C22H23N7. The zero-order chi connectivity index (χ0) is 19.6. The number of anilines is 1. The average Bonchev–Trinajstić information content (AvgIpc) is 3.17. The van der Waals surface area contributed by atoms with E-state index in [9.17, 15) is 0 Å². The van der Waals surface area contributed by atoms with Crippen LogP contribution in [0.1, 0.15) is 11.4 Å². The number of imidazole rings is 1. The van der Waals surface area contributed by atoms with Crippen molar-refractivity contribution in [1.29, 1.82) is 0 Å². The SMILES string of the molecule is Cc1cc(N2CCN(Cc3cn4ccccc4n3)CC2)nc(-c2ccncc2)n1. The molecule has 0 unspecified atom stereocenters. The van der Waals surface area contributed by atoms with Crippen molar-refractivity contribution in [2.45, 2.75) is 13.5 Å². The fourth-order valence-electron chi connectivity index (χ4n) is 3.77. The second kappa shape index (κ2) is 7.60. The molecule has 7 nitrogen and oxygen atoms in total. The number of nitrogens with zero attached hydrogens (tertiary/aromatic N) is 7. The Morgan fingerprint density at radius 1 is 0.931 bits per heavy atom. The van der Waals surface area contributed by atoms with Gasteiger partial charge in [-0.05, 0) is 31.2 Å². The summed E-state index contributed by atoms with van der Waals surface area (Å²) in [6, 6.07) is 12.1. The van der Waals surface area contributed by atoms with Crippen molar-refractivity contribution in [3.8, 4) is 11.4 Å². The molecule has 0 radical (unpaired) electrons. The van der Waals surface area contributed by atoms with Gasteiger partial charge in [0.15, 0.2) is 5.82 Å². The number of pyridine rings is 2. The Balaban J connectivity index is 1.27. The van der Waals surface area contributed by atoms with Crippen molar-refractivity contribution >= 4 is 11.5 Å². The normalized spacial score (nSPS) is 15.1. The first kappa shape index (κ1) is 17.8. The number of rotatable bonds is 4. The third-order valence-corrected chi connectivity index (χ3v) is 5.27. The van der Waals surface area contributed by atoms with Crippen LogP contribution in [0.4, 0.5) is 5.82 Å². The van der Waals surface area contributed by atoms with Crippen molar-refractivity contribution in [2.24, 2.45) is 0 Å². The number of aromatic nitrogens is 5. The first-order chi connectivity index (χ1) is 14.2. The summed E-state index contributed by atoms with van der Waals surface area (Å²) in [5.41, 5.74) is 4.09. The summed E-state index contributed by atoms with van der Waals surface area (Å²) in [6.45, 7) is 6.76. The van der Waals surface area contributed by atoms with Crippen LogP contribution in [0.25, 0.3) is 17.0 Å². The summed E-state index contributed by atoms with van der Waals surface area (Å²) in [5, 5.41) is 0. The lowest BCUT2D eigenvalue weighted by atomic mass is 10.2. The van der Waals surface area contributed by atoms with Crippen LogP contribution < -0.4 is 4.90 Å². The van der Waals surface area contributed by atoms with Gasteiger partial charge in [-0.15, -0.1) is 0 Å². The second-order valence-electron chi connectivity index (χ2n) is 7.39. The fraction of sp³-hybridized carbons (Fsp3) is 0.273. The third-order valence-electron chi connectivity index (χ3n) is 5.27. The van der Waals surface area contributed by atoms with E-state index in [4.69, 9.17) is 9.97 Å². The monoisotopic (exact) mass is 385 g/mol. The van der Waals surface area contributed by atoms with Gasteiger partial charge in [-0.3, -0.25) is 9.88 Å². The highest BCUT2D eigenvalue weighted by Gasteiger charge is 2.20. The summed E-state index contributed by atoms with van der Waals surface area (Å²) >= 11 is 0.